The van der Waals surface area contributed by atoms with Gasteiger partial charge in [-0.3, -0.25) is 4.79 Å². The molecule has 1 aliphatic heterocycles. The van der Waals surface area contributed by atoms with Gasteiger partial charge in [-0.2, -0.15) is 15.0 Å². The second kappa shape index (κ2) is 7.77. The van der Waals surface area contributed by atoms with Crippen molar-refractivity contribution in [1.29, 1.82) is 0 Å². The second-order valence-corrected chi connectivity index (χ2v) is 7.45. The maximum atomic E-state index is 13.1. The summed E-state index contributed by atoms with van der Waals surface area (Å²) in [5.74, 6) is -0.0889. The zero-order valence-corrected chi connectivity index (χ0v) is 16.0. The molecule has 0 spiro atoms. The van der Waals surface area contributed by atoms with Crippen molar-refractivity contribution >= 4 is 12.0 Å². The molecule has 1 fully saturated rings. The van der Waals surface area contributed by atoms with Crippen LogP contribution in [0.1, 0.15) is 37.6 Å². The number of rotatable bonds is 2. The number of amides is 2. The van der Waals surface area contributed by atoms with Gasteiger partial charge < -0.3 is 14.5 Å². The minimum atomic E-state index is -0.533. The van der Waals surface area contributed by atoms with E-state index in [-0.39, 0.29) is 12.0 Å². The Labute approximate surface area is 158 Å². The third kappa shape index (κ3) is 4.64. The Balaban J connectivity index is 1.72. The van der Waals surface area contributed by atoms with Crippen molar-refractivity contribution in [3.05, 3.63) is 42.2 Å². The maximum Gasteiger partial charge on any atom is 0.410 e. The Bertz CT molecular complexity index is 798. The van der Waals surface area contributed by atoms with Crippen LogP contribution in [0.15, 0.2) is 36.7 Å². The summed E-state index contributed by atoms with van der Waals surface area (Å²) >= 11 is 0. The van der Waals surface area contributed by atoms with E-state index in [0.717, 1.165) is 0 Å². The van der Waals surface area contributed by atoms with Gasteiger partial charge in [-0.25, -0.2) is 4.79 Å². The molecule has 2 amide bonds. The molecule has 8 heteroatoms. The van der Waals surface area contributed by atoms with Crippen LogP contribution >= 0.6 is 0 Å². The van der Waals surface area contributed by atoms with Crippen molar-refractivity contribution < 1.29 is 14.3 Å². The fraction of sp³-hybridized carbons (Fsp3) is 0.474. The molecule has 1 aliphatic rings. The van der Waals surface area contributed by atoms with E-state index < -0.39 is 5.60 Å². The van der Waals surface area contributed by atoms with Gasteiger partial charge in [0.15, 0.2) is 0 Å². The van der Waals surface area contributed by atoms with E-state index >= 15 is 0 Å². The van der Waals surface area contributed by atoms with Crippen LogP contribution in [0.4, 0.5) is 4.79 Å². The van der Waals surface area contributed by atoms with Crippen molar-refractivity contribution in [2.24, 2.45) is 0 Å². The highest BCUT2D eigenvalue weighted by Crippen LogP contribution is 2.17. The summed E-state index contributed by atoms with van der Waals surface area (Å²) in [4.78, 5) is 30.3. The Morgan fingerprint density at radius 3 is 2.30 bits per heavy atom. The van der Waals surface area contributed by atoms with E-state index in [1.54, 1.807) is 28.3 Å². The normalized spacial score (nSPS) is 15.4. The molecule has 1 aromatic heterocycles. The van der Waals surface area contributed by atoms with Crippen molar-refractivity contribution in [3.63, 3.8) is 0 Å². The predicted molar refractivity (Wildman–Crippen MR) is 99.7 cm³/mol. The fourth-order valence-corrected chi connectivity index (χ4v) is 2.97. The zero-order chi connectivity index (χ0) is 19.4. The van der Waals surface area contributed by atoms with E-state index in [1.165, 1.54) is 4.80 Å². The lowest BCUT2D eigenvalue weighted by Gasteiger charge is -2.26. The summed E-state index contributed by atoms with van der Waals surface area (Å²) in [6.07, 6.45) is 3.52. The smallest absolute Gasteiger partial charge is 0.410 e. The SMILES string of the molecule is CC(C)(C)OC(=O)N1CCCN(C(=O)c2ccccc2-n2nccn2)CC1. The number of hydrogen-bond donors (Lipinski definition) is 0. The van der Waals surface area contributed by atoms with Crippen molar-refractivity contribution in [2.45, 2.75) is 32.8 Å². The van der Waals surface area contributed by atoms with E-state index in [0.29, 0.717) is 43.9 Å². The van der Waals surface area contributed by atoms with Gasteiger partial charge >= 0.3 is 6.09 Å². The van der Waals surface area contributed by atoms with Gasteiger partial charge in [-0.05, 0) is 39.3 Å². The average molecular weight is 371 g/mol. The van der Waals surface area contributed by atoms with Crippen molar-refractivity contribution in [3.8, 4) is 5.69 Å². The van der Waals surface area contributed by atoms with E-state index in [4.69, 9.17) is 4.74 Å². The van der Waals surface area contributed by atoms with Crippen LogP contribution in [-0.4, -0.2) is 68.6 Å². The molecule has 27 heavy (non-hydrogen) atoms. The average Bonchev–Trinajstić information content (AvgIpc) is 3.03. The summed E-state index contributed by atoms with van der Waals surface area (Å²) < 4.78 is 5.44. The minimum Gasteiger partial charge on any atom is -0.444 e. The van der Waals surface area contributed by atoms with Crippen LogP contribution in [0.5, 0.6) is 0 Å². The molecule has 144 valence electrons. The molecule has 0 N–H and O–H groups in total. The highest BCUT2D eigenvalue weighted by atomic mass is 16.6. The van der Waals surface area contributed by atoms with E-state index in [9.17, 15) is 9.59 Å². The van der Waals surface area contributed by atoms with Crippen LogP contribution in [0.2, 0.25) is 0 Å². The molecule has 0 bridgehead atoms. The number of para-hydroxylation sites is 1. The second-order valence-electron chi connectivity index (χ2n) is 7.45. The molecule has 3 rings (SSSR count). The van der Waals surface area contributed by atoms with Crippen molar-refractivity contribution in [1.82, 2.24) is 24.8 Å². The Kier molecular flexibility index (Phi) is 5.43. The highest BCUT2D eigenvalue weighted by Gasteiger charge is 2.27. The summed E-state index contributed by atoms with van der Waals surface area (Å²) in [6, 6.07) is 7.27. The number of carbonyl (C=O) groups excluding carboxylic acids is 2. The summed E-state index contributed by atoms with van der Waals surface area (Å²) in [5, 5.41) is 8.26. The van der Waals surface area contributed by atoms with Crippen molar-refractivity contribution in [2.75, 3.05) is 26.2 Å². The molecule has 1 aromatic carbocycles. The highest BCUT2D eigenvalue weighted by molar-refractivity contribution is 5.97. The largest absolute Gasteiger partial charge is 0.444 e. The first-order valence-corrected chi connectivity index (χ1v) is 9.08. The number of aromatic nitrogens is 3. The lowest BCUT2D eigenvalue weighted by atomic mass is 10.1. The molecule has 0 saturated carbocycles. The van der Waals surface area contributed by atoms with Gasteiger partial charge in [-0.15, -0.1) is 0 Å². The topological polar surface area (TPSA) is 80.6 Å². The summed E-state index contributed by atoms with van der Waals surface area (Å²) in [6.45, 7) is 7.60. The number of carbonyl (C=O) groups is 2. The molecule has 0 atom stereocenters. The molecular formula is C19H25N5O3. The summed E-state index contributed by atoms with van der Waals surface area (Å²) in [7, 11) is 0. The predicted octanol–water partition coefficient (Wildman–Crippen LogP) is 2.35. The molecule has 2 heterocycles. The molecule has 0 aliphatic carbocycles. The van der Waals surface area contributed by atoms with Gasteiger partial charge in [0.1, 0.15) is 5.60 Å². The minimum absolute atomic E-state index is 0.0889. The Hall–Kier alpha value is -2.90. The van der Waals surface area contributed by atoms with E-state index in [1.807, 2.05) is 39.0 Å². The lowest BCUT2D eigenvalue weighted by Crippen LogP contribution is -2.40. The first-order chi connectivity index (χ1) is 12.8. The summed E-state index contributed by atoms with van der Waals surface area (Å²) in [5.41, 5.74) is 0.648. The molecular weight excluding hydrogens is 346 g/mol. The maximum absolute atomic E-state index is 13.1. The standard InChI is InChI=1S/C19H25N5O3/c1-19(2,3)27-18(26)23-12-6-11-22(13-14-23)17(25)15-7-4-5-8-16(15)24-20-9-10-21-24/h4-5,7-10H,6,11-14H2,1-3H3. The first-order valence-electron chi connectivity index (χ1n) is 9.08. The third-order valence-corrected chi connectivity index (χ3v) is 4.20. The van der Waals surface area contributed by atoms with Gasteiger partial charge in [-0.1, -0.05) is 12.1 Å². The number of benzene rings is 1. The molecule has 8 nitrogen and oxygen atoms in total. The van der Waals surface area contributed by atoms with Gasteiger partial charge in [0.25, 0.3) is 5.91 Å². The third-order valence-electron chi connectivity index (χ3n) is 4.20. The number of ether oxygens (including phenoxy) is 1. The number of nitrogens with zero attached hydrogens (tertiary/aromatic N) is 5. The van der Waals surface area contributed by atoms with E-state index in [2.05, 4.69) is 10.2 Å². The molecule has 2 aromatic rings. The Morgan fingerprint density at radius 2 is 1.59 bits per heavy atom. The van der Waals surface area contributed by atoms with Gasteiger partial charge in [0.05, 0.1) is 23.6 Å². The molecule has 1 saturated heterocycles. The number of hydrogen-bond acceptors (Lipinski definition) is 5. The Morgan fingerprint density at radius 1 is 0.963 bits per heavy atom. The van der Waals surface area contributed by atoms with Crippen LogP contribution < -0.4 is 0 Å². The molecule has 0 unspecified atom stereocenters. The van der Waals surface area contributed by atoms with Gasteiger partial charge in [0, 0.05) is 26.2 Å². The monoisotopic (exact) mass is 371 g/mol. The fourth-order valence-electron chi connectivity index (χ4n) is 2.97. The first kappa shape index (κ1) is 18.9. The molecule has 0 radical (unpaired) electrons. The van der Waals surface area contributed by atoms with Crippen LogP contribution in [0.25, 0.3) is 5.69 Å². The zero-order valence-electron chi connectivity index (χ0n) is 16.0. The van der Waals surface area contributed by atoms with Crippen LogP contribution in [-0.2, 0) is 4.74 Å². The quantitative estimate of drug-likeness (QED) is 0.809. The lowest BCUT2D eigenvalue weighted by molar-refractivity contribution is 0.0255. The van der Waals surface area contributed by atoms with Crippen LogP contribution in [0, 0.1) is 0 Å². The van der Waals surface area contributed by atoms with Crippen LogP contribution in [0.3, 0.4) is 0 Å². The van der Waals surface area contributed by atoms with Gasteiger partial charge in [0.2, 0.25) is 0 Å².